The maximum absolute atomic E-state index is 5.03. The van der Waals surface area contributed by atoms with Crippen LogP contribution in [-0.2, 0) is 0 Å². The summed E-state index contributed by atoms with van der Waals surface area (Å²) in [6, 6.07) is 41.0. The summed E-state index contributed by atoms with van der Waals surface area (Å²) in [5.74, 6) is 1.80. The van der Waals surface area contributed by atoms with Crippen LogP contribution >= 0.6 is 0 Å². The Kier molecular flexibility index (Phi) is 9.33. The summed E-state index contributed by atoms with van der Waals surface area (Å²) >= 11 is 0. The summed E-state index contributed by atoms with van der Waals surface area (Å²) < 4.78 is 0. The number of hydrogen-bond donors (Lipinski definition) is 0. The Hall–Kier alpha value is -6.66. The molecule has 3 aromatic heterocycles. The quantitative estimate of drug-likeness (QED) is 0.145. The van der Waals surface area contributed by atoms with Crippen molar-refractivity contribution in [3.8, 4) is 56.5 Å². The van der Waals surface area contributed by atoms with E-state index in [4.69, 9.17) is 19.9 Å². The average molecular weight is 647 g/mol. The van der Waals surface area contributed by atoms with E-state index in [0.717, 1.165) is 67.2 Å². The highest BCUT2D eigenvalue weighted by Gasteiger charge is 2.15. The van der Waals surface area contributed by atoms with Gasteiger partial charge in [-0.1, -0.05) is 116 Å². The van der Waals surface area contributed by atoms with Crippen molar-refractivity contribution >= 4 is 11.1 Å². The Morgan fingerprint density at radius 2 is 1.18 bits per heavy atom. The van der Waals surface area contributed by atoms with E-state index < -0.39 is 0 Å². The number of nitrogens with zero attached hydrogens (tertiary/aromatic N) is 6. The van der Waals surface area contributed by atoms with Crippen LogP contribution in [0.5, 0.6) is 0 Å². The van der Waals surface area contributed by atoms with Gasteiger partial charge in [0.2, 0.25) is 0 Å². The van der Waals surface area contributed by atoms with Crippen LogP contribution < -0.4 is 0 Å². The summed E-state index contributed by atoms with van der Waals surface area (Å²) in [5.41, 5.74) is 11.5. The van der Waals surface area contributed by atoms with Gasteiger partial charge in [-0.2, -0.15) is 0 Å². The van der Waals surface area contributed by atoms with Crippen molar-refractivity contribution in [3.63, 3.8) is 0 Å². The normalized spacial score (nSPS) is 11.7. The second kappa shape index (κ2) is 14.6. The number of pyridine rings is 1. The maximum atomic E-state index is 5.03. The monoisotopic (exact) mass is 646 g/mol. The van der Waals surface area contributed by atoms with Crippen molar-refractivity contribution in [1.82, 2.24) is 29.9 Å². The third kappa shape index (κ3) is 7.25. The van der Waals surface area contributed by atoms with Gasteiger partial charge in [0.25, 0.3) is 0 Å². The predicted molar refractivity (Wildman–Crippen MR) is 203 cm³/mol. The molecule has 6 nitrogen and oxygen atoms in total. The molecule has 4 aromatic carbocycles. The summed E-state index contributed by atoms with van der Waals surface area (Å²) in [6.45, 7) is 8.21. The van der Waals surface area contributed by atoms with Gasteiger partial charge in [0.1, 0.15) is 0 Å². The van der Waals surface area contributed by atoms with Gasteiger partial charge < -0.3 is 0 Å². The minimum Gasteiger partial charge on any atom is -0.261 e. The van der Waals surface area contributed by atoms with Gasteiger partial charge in [-0.25, -0.2) is 15.0 Å². The smallest absolute Gasteiger partial charge is 0.164 e. The molecule has 0 N–H and O–H groups in total. The van der Waals surface area contributed by atoms with E-state index in [1.54, 1.807) is 18.6 Å². The van der Waals surface area contributed by atoms with Crippen molar-refractivity contribution < 1.29 is 0 Å². The average Bonchev–Trinajstić information content (AvgIpc) is 3.19. The van der Waals surface area contributed by atoms with E-state index in [2.05, 4.69) is 65.1 Å². The molecule has 7 rings (SSSR count). The second-order valence-corrected chi connectivity index (χ2v) is 11.8. The second-order valence-electron chi connectivity index (χ2n) is 11.8. The van der Waals surface area contributed by atoms with E-state index in [9.17, 15) is 0 Å². The third-order valence-electron chi connectivity index (χ3n) is 8.33. The van der Waals surface area contributed by atoms with Gasteiger partial charge in [0.05, 0.1) is 17.6 Å². The number of aromatic nitrogens is 6. The number of aryl methyl sites for hydroxylation is 1. The Morgan fingerprint density at radius 1 is 0.560 bits per heavy atom. The predicted octanol–water partition coefficient (Wildman–Crippen LogP) is 10.4. The highest BCUT2D eigenvalue weighted by atomic mass is 15.0. The molecule has 0 aliphatic heterocycles. The first-order valence-electron chi connectivity index (χ1n) is 16.4. The lowest BCUT2D eigenvalue weighted by atomic mass is 9.94. The summed E-state index contributed by atoms with van der Waals surface area (Å²) in [6.07, 6.45) is 11.1. The van der Waals surface area contributed by atoms with Crippen LogP contribution in [0.15, 0.2) is 165 Å². The van der Waals surface area contributed by atoms with Crippen molar-refractivity contribution in [2.45, 2.75) is 13.8 Å². The topological polar surface area (TPSA) is 77.3 Å². The van der Waals surface area contributed by atoms with Gasteiger partial charge in [0, 0.05) is 40.3 Å². The fourth-order valence-electron chi connectivity index (χ4n) is 5.65. The lowest BCUT2D eigenvalue weighted by molar-refractivity contribution is 1.07. The van der Waals surface area contributed by atoms with Crippen LogP contribution in [0.25, 0.3) is 67.7 Å². The van der Waals surface area contributed by atoms with Gasteiger partial charge >= 0.3 is 0 Å². The Morgan fingerprint density at radius 3 is 1.78 bits per heavy atom. The molecule has 3 heterocycles. The highest BCUT2D eigenvalue weighted by Crippen LogP contribution is 2.33. The molecule has 240 valence electrons. The summed E-state index contributed by atoms with van der Waals surface area (Å²) in [7, 11) is 0. The van der Waals surface area contributed by atoms with E-state index in [1.807, 2.05) is 105 Å². The zero-order valence-corrected chi connectivity index (χ0v) is 27.9. The van der Waals surface area contributed by atoms with E-state index in [-0.39, 0.29) is 0 Å². The largest absolute Gasteiger partial charge is 0.261 e. The van der Waals surface area contributed by atoms with Crippen LogP contribution in [0.2, 0.25) is 0 Å². The molecular formula is C44H34N6. The number of rotatable bonds is 9. The maximum Gasteiger partial charge on any atom is 0.164 e. The van der Waals surface area contributed by atoms with Gasteiger partial charge in [-0.15, -0.1) is 0 Å². The zero-order valence-electron chi connectivity index (χ0n) is 27.9. The van der Waals surface area contributed by atoms with Crippen molar-refractivity contribution in [2.24, 2.45) is 0 Å². The number of hydrogen-bond acceptors (Lipinski definition) is 6. The van der Waals surface area contributed by atoms with Crippen molar-refractivity contribution in [1.29, 1.82) is 0 Å². The zero-order chi connectivity index (χ0) is 34.3. The van der Waals surface area contributed by atoms with E-state index in [1.165, 1.54) is 0 Å². The molecule has 50 heavy (non-hydrogen) atoms. The first kappa shape index (κ1) is 31.9. The standard InChI is InChI=1S/C44H34N6/c1-4-32(19-18-30(2)41-29-45-24-25-46-41)37-26-38(33-20-22-34(23-21-33)40-17-11-12-31(3)47-40)28-39(27-37)44-49-42(35-13-7-5-8-14-35)48-43(50-44)36-15-9-6-10-16-36/h4-29H,1H2,2-3H3/b30-18+,32-19+. The molecule has 0 fully saturated rings. The van der Waals surface area contributed by atoms with Crippen molar-refractivity contribution in [2.75, 3.05) is 0 Å². The molecule has 0 unspecified atom stereocenters. The Balaban J connectivity index is 1.39. The number of allylic oxidation sites excluding steroid dienone is 5. The highest BCUT2D eigenvalue weighted by molar-refractivity contribution is 5.84. The fourth-order valence-corrected chi connectivity index (χ4v) is 5.65. The lowest BCUT2D eigenvalue weighted by Gasteiger charge is -2.13. The van der Waals surface area contributed by atoms with Crippen LogP contribution in [0, 0.1) is 6.92 Å². The lowest BCUT2D eigenvalue weighted by Crippen LogP contribution is -2.00. The minimum atomic E-state index is 0.580. The van der Waals surface area contributed by atoms with Crippen molar-refractivity contribution in [3.05, 3.63) is 182 Å². The van der Waals surface area contributed by atoms with Crippen LogP contribution in [0.4, 0.5) is 0 Å². The summed E-state index contributed by atoms with van der Waals surface area (Å²) in [5, 5.41) is 0. The van der Waals surface area contributed by atoms with Crippen LogP contribution in [0.1, 0.15) is 23.9 Å². The van der Waals surface area contributed by atoms with Gasteiger partial charge in [-0.05, 0) is 72.0 Å². The molecule has 0 spiro atoms. The number of benzene rings is 4. The molecule has 0 saturated heterocycles. The molecule has 0 atom stereocenters. The van der Waals surface area contributed by atoms with Gasteiger partial charge in [-0.3, -0.25) is 15.0 Å². The molecular weight excluding hydrogens is 613 g/mol. The Labute approximate surface area is 292 Å². The molecule has 0 saturated carbocycles. The SMILES string of the molecule is C=C/C(=C\C=C(/C)c1cnccn1)c1cc(-c2ccc(-c3cccc(C)n3)cc2)cc(-c2nc(-c3ccccc3)nc(-c3ccccc3)n2)c1. The van der Waals surface area contributed by atoms with Crippen LogP contribution in [0.3, 0.4) is 0 Å². The van der Waals surface area contributed by atoms with E-state index in [0.29, 0.717) is 17.5 Å². The van der Waals surface area contributed by atoms with Gasteiger partial charge in [0.15, 0.2) is 17.5 Å². The first-order valence-corrected chi connectivity index (χ1v) is 16.4. The molecule has 0 amide bonds. The third-order valence-corrected chi connectivity index (χ3v) is 8.33. The molecule has 0 bridgehead atoms. The minimum absolute atomic E-state index is 0.580. The molecule has 0 aliphatic carbocycles. The molecule has 6 heteroatoms. The summed E-state index contributed by atoms with van der Waals surface area (Å²) in [4.78, 5) is 28.4. The molecule has 0 radical (unpaired) electrons. The molecule has 0 aliphatic rings. The fraction of sp³-hybridized carbons (Fsp3) is 0.0455. The molecule has 7 aromatic rings. The van der Waals surface area contributed by atoms with E-state index >= 15 is 0 Å². The first-order chi connectivity index (χ1) is 24.5. The Bertz CT molecular complexity index is 2270. The van der Waals surface area contributed by atoms with Crippen LogP contribution in [-0.4, -0.2) is 29.9 Å².